The number of likely N-dealkylation sites (tertiary alicyclic amines) is 1. The number of nitrogens with two attached hydrogens (primary N) is 1. The second kappa shape index (κ2) is 9.99. The molecule has 0 aliphatic carbocycles. The molecule has 4 rings (SSSR count). The number of thioether (sulfide) groups is 1. The molecule has 1 fully saturated rings. The highest BCUT2D eigenvalue weighted by Gasteiger charge is 2.30. The van der Waals surface area contributed by atoms with Crippen molar-refractivity contribution in [2.24, 2.45) is 11.7 Å². The summed E-state index contributed by atoms with van der Waals surface area (Å²) in [6.45, 7) is 3.01. The van der Waals surface area contributed by atoms with E-state index >= 15 is 0 Å². The molecule has 2 heterocycles. The Balaban J connectivity index is 1.53. The summed E-state index contributed by atoms with van der Waals surface area (Å²) in [6, 6.07) is 20.1. The standard InChI is InChI=1S/C24H27N5O2S/c1-17(23(31)28-14-12-19(13-15-28)22(25)30)32-24-27-26-21(16-18-8-4-2-5-9-18)29(24)20-10-6-3-7-11-20/h2-11,17,19H,12-16H2,1H3,(H2,25,30). The molecule has 7 nitrogen and oxygen atoms in total. The van der Waals surface area contributed by atoms with Crippen molar-refractivity contribution in [1.29, 1.82) is 0 Å². The smallest absolute Gasteiger partial charge is 0.235 e. The predicted octanol–water partition coefficient (Wildman–Crippen LogP) is 3.06. The minimum atomic E-state index is -0.323. The summed E-state index contributed by atoms with van der Waals surface area (Å²) in [5, 5.41) is 9.26. The zero-order chi connectivity index (χ0) is 22.5. The van der Waals surface area contributed by atoms with E-state index in [1.165, 1.54) is 11.8 Å². The Hall–Kier alpha value is -3.13. The van der Waals surface area contributed by atoms with Gasteiger partial charge >= 0.3 is 0 Å². The van der Waals surface area contributed by atoms with Crippen LogP contribution in [0.5, 0.6) is 0 Å². The second-order valence-electron chi connectivity index (χ2n) is 7.99. The van der Waals surface area contributed by atoms with Gasteiger partial charge in [0.25, 0.3) is 0 Å². The molecule has 1 atom stereocenters. The lowest BCUT2D eigenvalue weighted by atomic mass is 9.96. The number of rotatable bonds is 7. The van der Waals surface area contributed by atoms with Gasteiger partial charge in [-0.05, 0) is 37.5 Å². The molecular formula is C24H27N5O2S. The van der Waals surface area contributed by atoms with Gasteiger partial charge in [-0.1, -0.05) is 60.3 Å². The summed E-state index contributed by atoms with van der Waals surface area (Å²) in [5.41, 5.74) is 7.53. The number of carbonyl (C=O) groups excluding carboxylic acids is 2. The Kier molecular flexibility index (Phi) is 6.90. The Labute approximate surface area is 192 Å². The third kappa shape index (κ3) is 5.02. The fraction of sp³-hybridized carbons (Fsp3) is 0.333. The lowest BCUT2D eigenvalue weighted by Crippen LogP contribution is -2.44. The SMILES string of the molecule is CC(Sc1nnc(Cc2ccccc2)n1-c1ccccc1)C(=O)N1CCC(C(N)=O)CC1. The molecule has 1 aliphatic rings. The van der Waals surface area contributed by atoms with Crippen molar-refractivity contribution in [3.05, 3.63) is 72.1 Å². The second-order valence-corrected chi connectivity index (χ2v) is 9.30. The summed E-state index contributed by atoms with van der Waals surface area (Å²) in [5.74, 6) is 0.460. The van der Waals surface area contributed by atoms with Crippen molar-refractivity contribution in [2.75, 3.05) is 13.1 Å². The first-order valence-electron chi connectivity index (χ1n) is 10.8. The Morgan fingerprint density at radius 3 is 2.28 bits per heavy atom. The maximum absolute atomic E-state index is 13.1. The van der Waals surface area contributed by atoms with Gasteiger partial charge in [0.05, 0.1) is 5.25 Å². The van der Waals surface area contributed by atoms with Crippen LogP contribution < -0.4 is 5.73 Å². The topological polar surface area (TPSA) is 94.1 Å². The first-order chi connectivity index (χ1) is 15.5. The summed E-state index contributed by atoms with van der Waals surface area (Å²) >= 11 is 1.41. The van der Waals surface area contributed by atoms with Crippen LogP contribution in [0.15, 0.2) is 65.8 Å². The van der Waals surface area contributed by atoms with Gasteiger partial charge in [0.1, 0.15) is 5.82 Å². The van der Waals surface area contributed by atoms with Gasteiger partial charge in [-0.25, -0.2) is 0 Å². The summed E-state index contributed by atoms with van der Waals surface area (Å²) in [7, 11) is 0. The Bertz CT molecular complexity index is 1060. The van der Waals surface area contributed by atoms with Gasteiger partial charge in [-0.3, -0.25) is 14.2 Å². The molecule has 8 heteroatoms. The Morgan fingerprint density at radius 2 is 1.66 bits per heavy atom. The average molecular weight is 450 g/mol. The van der Waals surface area contributed by atoms with Crippen molar-refractivity contribution in [3.63, 3.8) is 0 Å². The van der Waals surface area contributed by atoms with Crippen molar-refractivity contribution >= 4 is 23.6 Å². The van der Waals surface area contributed by atoms with Gasteiger partial charge in [0, 0.05) is 31.1 Å². The minimum Gasteiger partial charge on any atom is -0.369 e. The average Bonchev–Trinajstić information content (AvgIpc) is 3.21. The van der Waals surface area contributed by atoms with Crippen LogP contribution in [0.25, 0.3) is 5.69 Å². The molecule has 0 spiro atoms. The van der Waals surface area contributed by atoms with Crippen molar-refractivity contribution in [2.45, 2.75) is 36.6 Å². The Morgan fingerprint density at radius 1 is 1.03 bits per heavy atom. The molecule has 3 aromatic rings. The lowest BCUT2D eigenvalue weighted by Gasteiger charge is -2.32. The van der Waals surface area contributed by atoms with Gasteiger partial charge in [-0.15, -0.1) is 10.2 Å². The monoisotopic (exact) mass is 449 g/mol. The quantitative estimate of drug-likeness (QED) is 0.560. The van der Waals surface area contributed by atoms with Gasteiger partial charge in [0.2, 0.25) is 11.8 Å². The first kappa shape index (κ1) is 22.1. The van der Waals surface area contributed by atoms with E-state index in [1.54, 1.807) is 0 Å². The number of piperidine rings is 1. The number of aromatic nitrogens is 3. The molecule has 2 amide bonds. The van der Waals surface area contributed by atoms with E-state index in [9.17, 15) is 9.59 Å². The van der Waals surface area contributed by atoms with Gasteiger partial charge in [-0.2, -0.15) is 0 Å². The third-order valence-electron chi connectivity index (χ3n) is 5.76. The van der Waals surface area contributed by atoms with Crippen LogP contribution in [0.2, 0.25) is 0 Å². The summed E-state index contributed by atoms with van der Waals surface area (Å²) in [6.07, 6.45) is 1.89. The molecular weight excluding hydrogens is 422 g/mol. The molecule has 2 aromatic carbocycles. The van der Waals surface area contributed by atoms with Gasteiger partial charge < -0.3 is 10.6 Å². The van der Waals surface area contributed by atoms with E-state index in [1.807, 2.05) is 64.9 Å². The third-order valence-corrected chi connectivity index (χ3v) is 6.79. The van der Waals surface area contributed by atoms with Crippen LogP contribution in [-0.4, -0.2) is 49.8 Å². The molecule has 0 radical (unpaired) electrons. The number of carbonyl (C=O) groups is 2. The minimum absolute atomic E-state index is 0.0464. The molecule has 32 heavy (non-hydrogen) atoms. The number of nitrogens with zero attached hydrogens (tertiary/aromatic N) is 4. The van der Waals surface area contributed by atoms with Crippen LogP contribution in [0.4, 0.5) is 0 Å². The zero-order valence-electron chi connectivity index (χ0n) is 18.1. The first-order valence-corrected chi connectivity index (χ1v) is 11.7. The van der Waals surface area contributed by atoms with Gasteiger partial charge in [0.15, 0.2) is 5.16 Å². The van der Waals surface area contributed by atoms with Crippen molar-refractivity contribution < 1.29 is 9.59 Å². The molecule has 1 unspecified atom stereocenters. The van der Waals surface area contributed by atoms with E-state index in [-0.39, 0.29) is 23.0 Å². The highest BCUT2D eigenvalue weighted by atomic mass is 32.2. The molecule has 1 aliphatic heterocycles. The van der Waals surface area contributed by atoms with Crippen LogP contribution in [0.3, 0.4) is 0 Å². The lowest BCUT2D eigenvalue weighted by molar-refractivity contribution is -0.134. The fourth-order valence-electron chi connectivity index (χ4n) is 3.96. The fourth-order valence-corrected chi connectivity index (χ4v) is 4.93. The van der Waals surface area contributed by atoms with Crippen LogP contribution >= 0.6 is 11.8 Å². The number of para-hydroxylation sites is 1. The number of hydrogen-bond acceptors (Lipinski definition) is 5. The maximum atomic E-state index is 13.1. The zero-order valence-corrected chi connectivity index (χ0v) is 18.9. The number of benzene rings is 2. The molecule has 166 valence electrons. The number of amides is 2. The molecule has 1 aromatic heterocycles. The summed E-state index contributed by atoms with van der Waals surface area (Å²) < 4.78 is 2.03. The highest BCUT2D eigenvalue weighted by Crippen LogP contribution is 2.28. The maximum Gasteiger partial charge on any atom is 0.235 e. The number of hydrogen-bond donors (Lipinski definition) is 1. The van der Waals surface area contributed by atoms with E-state index in [0.29, 0.717) is 37.5 Å². The normalized spacial score (nSPS) is 15.5. The van der Waals surface area contributed by atoms with Crippen molar-refractivity contribution in [3.8, 4) is 5.69 Å². The van der Waals surface area contributed by atoms with E-state index in [0.717, 1.165) is 17.1 Å². The van der Waals surface area contributed by atoms with E-state index in [4.69, 9.17) is 5.73 Å². The summed E-state index contributed by atoms with van der Waals surface area (Å²) in [4.78, 5) is 26.3. The van der Waals surface area contributed by atoms with Crippen molar-refractivity contribution in [1.82, 2.24) is 19.7 Å². The highest BCUT2D eigenvalue weighted by molar-refractivity contribution is 8.00. The van der Waals surface area contributed by atoms with Crippen LogP contribution in [-0.2, 0) is 16.0 Å². The van der Waals surface area contributed by atoms with Crippen LogP contribution in [0, 0.1) is 5.92 Å². The molecule has 0 bridgehead atoms. The predicted molar refractivity (Wildman–Crippen MR) is 124 cm³/mol. The molecule has 1 saturated heterocycles. The molecule has 0 saturated carbocycles. The van der Waals surface area contributed by atoms with E-state index < -0.39 is 0 Å². The van der Waals surface area contributed by atoms with Crippen LogP contribution in [0.1, 0.15) is 31.2 Å². The van der Waals surface area contributed by atoms with E-state index in [2.05, 4.69) is 22.3 Å². The largest absolute Gasteiger partial charge is 0.369 e. The number of primary amides is 1. The molecule has 2 N–H and O–H groups in total.